The first-order valence-electron chi connectivity index (χ1n) is 4.96. The Morgan fingerprint density at radius 2 is 2.47 bits per heavy atom. The van der Waals surface area contributed by atoms with Crippen LogP contribution in [0.15, 0.2) is 5.16 Å². The van der Waals surface area contributed by atoms with E-state index in [1.54, 1.807) is 16.7 Å². The van der Waals surface area contributed by atoms with Gasteiger partial charge in [0.25, 0.3) is 0 Å². The Kier molecular flexibility index (Phi) is 4.74. The molecule has 0 aromatic rings. The molecule has 15 heavy (non-hydrogen) atoms. The highest BCUT2D eigenvalue weighted by atomic mass is 32.2. The molecule has 86 valence electrons. The lowest BCUT2D eigenvalue weighted by molar-refractivity contribution is -0.130. The zero-order chi connectivity index (χ0) is 11.3. The quantitative estimate of drug-likeness (QED) is 0.319. The van der Waals surface area contributed by atoms with Crippen LogP contribution in [-0.4, -0.2) is 46.4 Å². The van der Waals surface area contributed by atoms with Gasteiger partial charge < -0.3 is 15.8 Å². The Labute approximate surface area is 93.7 Å². The van der Waals surface area contributed by atoms with E-state index in [2.05, 4.69) is 5.16 Å². The summed E-state index contributed by atoms with van der Waals surface area (Å²) in [6.07, 6.45) is 4.21. The molecule has 0 bridgehead atoms. The maximum atomic E-state index is 11.8. The minimum atomic E-state index is -0.204. The van der Waals surface area contributed by atoms with Gasteiger partial charge in [0.2, 0.25) is 5.91 Å². The van der Waals surface area contributed by atoms with Gasteiger partial charge in [-0.2, -0.15) is 11.8 Å². The molecule has 0 radical (unpaired) electrons. The fourth-order valence-corrected chi connectivity index (χ4v) is 2.15. The molecule has 0 aliphatic carbocycles. The predicted octanol–water partition coefficient (Wildman–Crippen LogP) is 0.477. The zero-order valence-electron chi connectivity index (χ0n) is 8.85. The van der Waals surface area contributed by atoms with Crippen molar-refractivity contribution in [3.05, 3.63) is 0 Å². The van der Waals surface area contributed by atoms with Gasteiger partial charge in [0.05, 0.1) is 6.04 Å². The maximum absolute atomic E-state index is 11.8. The van der Waals surface area contributed by atoms with Gasteiger partial charge >= 0.3 is 0 Å². The second kappa shape index (κ2) is 5.85. The van der Waals surface area contributed by atoms with Gasteiger partial charge in [-0.15, -0.1) is 0 Å². The molecule has 1 saturated heterocycles. The highest BCUT2D eigenvalue weighted by molar-refractivity contribution is 7.98. The Balaban J connectivity index is 2.56. The van der Waals surface area contributed by atoms with Gasteiger partial charge in [0.1, 0.15) is 0 Å². The highest BCUT2D eigenvalue weighted by Crippen LogP contribution is 2.18. The maximum Gasteiger partial charge on any atom is 0.224 e. The fraction of sp³-hybridized carbons (Fsp3) is 0.778. The van der Waals surface area contributed by atoms with E-state index in [1.165, 1.54) is 0 Å². The Hall–Kier alpha value is -0.910. The molecule has 0 aromatic heterocycles. The average molecular weight is 231 g/mol. The largest absolute Gasteiger partial charge is 0.409 e. The number of carbonyl (C=O) groups excluding carboxylic acids is 1. The number of amidine groups is 1. The Bertz CT molecular complexity index is 258. The summed E-state index contributed by atoms with van der Waals surface area (Å²) >= 11 is 1.65. The first-order valence-corrected chi connectivity index (χ1v) is 6.36. The third-order valence-corrected chi connectivity index (χ3v) is 3.16. The molecule has 1 atom stereocenters. The van der Waals surface area contributed by atoms with Crippen LogP contribution in [0.3, 0.4) is 0 Å². The number of carbonyl (C=O) groups is 1. The van der Waals surface area contributed by atoms with Gasteiger partial charge in [-0.3, -0.25) is 4.79 Å². The molecular weight excluding hydrogens is 214 g/mol. The molecule has 1 amide bonds. The molecule has 6 heteroatoms. The SMILES string of the molecule is CSCCC(=O)N1CCCC1C(N)=NO. The van der Waals surface area contributed by atoms with Crippen molar-refractivity contribution in [3.63, 3.8) is 0 Å². The third-order valence-electron chi connectivity index (χ3n) is 2.55. The second-order valence-corrected chi connectivity index (χ2v) is 4.50. The van der Waals surface area contributed by atoms with Crippen molar-refractivity contribution in [2.45, 2.75) is 25.3 Å². The van der Waals surface area contributed by atoms with Crippen molar-refractivity contribution in [3.8, 4) is 0 Å². The van der Waals surface area contributed by atoms with Crippen LogP contribution in [0.5, 0.6) is 0 Å². The molecule has 1 aliphatic rings. The predicted molar refractivity (Wildman–Crippen MR) is 61.1 cm³/mol. The van der Waals surface area contributed by atoms with Crippen LogP contribution in [0.4, 0.5) is 0 Å². The summed E-state index contributed by atoms with van der Waals surface area (Å²) in [5.74, 6) is 1.06. The molecule has 0 saturated carbocycles. The van der Waals surface area contributed by atoms with E-state index in [9.17, 15) is 4.79 Å². The van der Waals surface area contributed by atoms with Crippen molar-refractivity contribution in [1.29, 1.82) is 0 Å². The molecule has 1 aliphatic heterocycles. The Morgan fingerprint density at radius 1 is 1.73 bits per heavy atom. The number of rotatable bonds is 4. The van der Waals surface area contributed by atoms with Crippen LogP contribution in [0.2, 0.25) is 0 Å². The van der Waals surface area contributed by atoms with Crippen LogP contribution in [0.1, 0.15) is 19.3 Å². The van der Waals surface area contributed by atoms with Crippen molar-refractivity contribution in [1.82, 2.24) is 4.90 Å². The van der Waals surface area contributed by atoms with Gasteiger partial charge in [-0.05, 0) is 19.1 Å². The number of hydrogen-bond donors (Lipinski definition) is 2. The lowest BCUT2D eigenvalue weighted by Gasteiger charge is -2.23. The first-order chi connectivity index (χ1) is 7.20. The summed E-state index contributed by atoms with van der Waals surface area (Å²) in [5.41, 5.74) is 5.54. The van der Waals surface area contributed by atoms with Crippen LogP contribution in [0.25, 0.3) is 0 Å². The van der Waals surface area contributed by atoms with Crippen molar-refractivity contribution >= 4 is 23.5 Å². The lowest BCUT2D eigenvalue weighted by Crippen LogP contribution is -2.44. The van der Waals surface area contributed by atoms with Crippen molar-refractivity contribution in [2.24, 2.45) is 10.9 Å². The highest BCUT2D eigenvalue weighted by Gasteiger charge is 2.31. The number of oxime groups is 1. The molecular formula is C9H17N3O2S. The molecule has 5 nitrogen and oxygen atoms in total. The molecule has 1 rings (SSSR count). The van der Waals surface area contributed by atoms with Crippen LogP contribution >= 0.6 is 11.8 Å². The first kappa shape index (κ1) is 12.2. The zero-order valence-corrected chi connectivity index (χ0v) is 9.66. The Morgan fingerprint density at radius 3 is 3.07 bits per heavy atom. The van der Waals surface area contributed by atoms with Crippen LogP contribution < -0.4 is 5.73 Å². The third kappa shape index (κ3) is 3.02. The normalized spacial score (nSPS) is 22.1. The average Bonchev–Trinajstić information content (AvgIpc) is 2.73. The van der Waals surface area contributed by atoms with Crippen LogP contribution in [0, 0.1) is 0 Å². The van der Waals surface area contributed by atoms with Gasteiger partial charge in [0.15, 0.2) is 5.84 Å². The summed E-state index contributed by atoms with van der Waals surface area (Å²) in [5, 5.41) is 11.6. The van der Waals surface area contributed by atoms with E-state index in [0.29, 0.717) is 13.0 Å². The summed E-state index contributed by atoms with van der Waals surface area (Å²) in [7, 11) is 0. The fourth-order valence-electron chi connectivity index (χ4n) is 1.77. The number of likely N-dealkylation sites (tertiary alicyclic amines) is 1. The minimum Gasteiger partial charge on any atom is -0.409 e. The van der Waals surface area contributed by atoms with Crippen molar-refractivity contribution in [2.75, 3.05) is 18.6 Å². The second-order valence-electron chi connectivity index (χ2n) is 3.51. The minimum absolute atomic E-state index is 0.0958. The number of nitrogens with zero attached hydrogens (tertiary/aromatic N) is 2. The molecule has 1 heterocycles. The lowest BCUT2D eigenvalue weighted by atomic mass is 10.2. The standard InChI is InChI=1S/C9H17N3O2S/c1-15-6-4-8(13)12-5-2-3-7(12)9(10)11-14/h7,14H,2-6H2,1H3,(H2,10,11). The van der Waals surface area contributed by atoms with Gasteiger partial charge in [-0.25, -0.2) is 0 Å². The summed E-state index contributed by atoms with van der Waals surface area (Å²) in [6, 6.07) is -0.204. The van der Waals surface area contributed by atoms with E-state index < -0.39 is 0 Å². The summed E-state index contributed by atoms with van der Waals surface area (Å²) in [4.78, 5) is 13.5. The number of nitrogens with two attached hydrogens (primary N) is 1. The molecule has 1 unspecified atom stereocenters. The smallest absolute Gasteiger partial charge is 0.224 e. The topological polar surface area (TPSA) is 78.9 Å². The molecule has 0 aromatic carbocycles. The number of thioether (sulfide) groups is 1. The molecule has 1 fully saturated rings. The van der Waals surface area contributed by atoms with Gasteiger partial charge in [-0.1, -0.05) is 5.16 Å². The molecule has 3 N–H and O–H groups in total. The van der Waals surface area contributed by atoms with E-state index in [4.69, 9.17) is 10.9 Å². The number of amides is 1. The van der Waals surface area contributed by atoms with Crippen molar-refractivity contribution < 1.29 is 10.0 Å². The van der Waals surface area contributed by atoms with Crippen LogP contribution in [-0.2, 0) is 4.79 Å². The van der Waals surface area contributed by atoms with Gasteiger partial charge in [0, 0.05) is 18.7 Å². The number of hydrogen-bond acceptors (Lipinski definition) is 4. The molecule has 0 spiro atoms. The van der Waals surface area contributed by atoms with E-state index >= 15 is 0 Å². The van der Waals surface area contributed by atoms with E-state index in [1.807, 2.05) is 6.26 Å². The summed E-state index contributed by atoms with van der Waals surface area (Å²) in [6.45, 7) is 0.716. The summed E-state index contributed by atoms with van der Waals surface area (Å²) < 4.78 is 0. The monoisotopic (exact) mass is 231 g/mol. The van der Waals surface area contributed by atoms with E-state index in [-0.39, 0.29) is 17.8 Å². The van der Waals surface area contributed by atoms with E-state index in [0.717, 1.165) is 18.6 Å².